The molecule has 0 aliphatic carbocycles. The molecule has 0 spiro atoms. The van der Waals surface area contributed by atoms with Crippen LogP contribution in [-0.2, 0) is 0 Å². The Morgan fingerprint density at radius 3 is 2.54 bits per heavy atom. The third-order valence-corrected chi connectivity index (χ3v) is 1.92. The fourth-order valence-electron chi connectivity index (χ4n) is 1.29. The van der Waals surface area contributed by atoms with Gasteiger partial charge < -0.3 is 5.73 Å². The fourth-order valence-corrected chi connectivity index (χ4v) is 1.29. The zero-order valence-electron chi connectivity index (χ0n) is 7.31. The Hall–Kier alpha value is -1.84. The molecule has 0 atom stereocenters. The Morgan fingerprint density at radius 1 is 1.23 bits per heavy atom. The lowest BCUT2D eigenvalue weighted by atomic mass is 10.2. The van der Waals surface area contributed by atoms with Crippen LogP contribution in [0.2, 0.25) is 0 Å². The second-order valence-electron chi connectivity index (χ2n) is 2.92. The molecular weight excluding hydrogens is 164 g/mol. The molecule has 66 valence electrons. The minimum Gasteiger partial charge on any atom is -0.399 e. The Kier molecular flexibility index (Phi) is 1.73. The molecule has 2 rings (SSSR count). The van der Waals surface area contributed by atoms with Gasteiger partial charge in [-0.05, 0) is 30.7 Å². The largest absolute Gasteiger partial charge is 0.399 e. The van der Waals surface area contributed by atoms with Gasteiger partial charge in [0.1, 0.15) is 12.7 Å². The Labute approximate surface area is 76.0 Å². The number of aryl methyl sites for hydroxylation is 1. The maximum atomic E-state index is 5.64. The molecule has 0 bridgehead atoms. The molecule has 4 nitrogen and oxygen atoms in total. The van der Waals surface area contributed by atoms with Crippen molar-refractivity contribution in [3.05, 3.63) is 36.4 Å². The number of nitrogens with zero attached hydrogens (tertiary/aromatic N) is 3. The molecule has 0 aliphatic rings. The summed E-state index contributed by atoms with van der Waals surface area (Å²) >= 11 is 0. The van der Waals surface area contributed by atoms with Gasteiger partial charge in [-0.15, -0.1) is 10.2 Å². The highest BCUT2D eigenvalue weighted by Gasteiger charge is 1.99. The fraction of sp³-hybridized carbons (Fsp3) is 0.111. The van der Waals surface area contributed by atoms with Gasteiger partial charge in [0.25, 0.3) is 0 Å². The van der Waals surface area contributed by atoms with Crippen molar-refractivity contribution in [1.29, 1.82) is 0 Å². The van der Waals surface area contributed by atoms with Crippen LogP contribution in [0.5, 0.6) is 0 Å². The average Bonchev–Trinajstić information content (AvgIpc) is 2.56. The Bertz CT molecular complexity index is 406. The summed E-state index contributed by atoms with van der Waals surface area (Å²) in [6, 6.07) is 5.74. The molecule has 2 N–H and O–H groups in total. The van der Waals surface area contributed by atoms with Gasteiger partial charge in [-0.1, -0.05) is 0 Å². The van der Waals surface area contributed by atoms with Gasteiger partial charge in [0.15, 0.2) is 0 Å². The van der Waals surface area contributed by atoms with E-state index in [1.165, 1.54) is 0 Å². The lowest BCUT2D eigenvalue weighted by Gasteiger charge is -2.05. The van der Waals surface area contributed by atoms with Gasteiger partial charge in [-0.25, -0.2) is 0 Å². The molecule has 0 unspecified atom stereocenters. The molecule has 0 fully saturated rings. The number of nitrogens with two attached hydrogens (primary N) is 1. The van der Waals surface area contributed by atoms with Crippen LogP contribution < -0.4 is 5.73 Å². The van der Waals surface area contributed by atoms with Gasteiger partial charge in [-0.3, -0.25) is 4.57 Å². The molecule has 13 heavy (non-hydrogen) atoms. The molecule has 1 aromatic carbocycles. The van der Waals surface area contributed by atoms with Crippen LogP contribution in [-0.4, -0.2) is 14.8 Å². The summed E-state index contributed by atoms with van der Waals surface area (Å²) in [4.78, 5) is 0. The summed E-state index contributed by atoms with van der Waals surface area (Å²) in [5.41, 5.74) is 8.58. The second-order valence-corrected chi connectivity index (χ2v) is 2.92. The van der Waals surface area contributed by atoms with Crippen molar-refractivity contribution in [2.75, 3.05) is 5.73 Å². The highest BCUT2D eigenvalue weighted by atomic mass is 15.2. The maximum absolute atomic E-state index is 5.64. The quantitative estimate of drug-likeness (QED) is 0.660. The number of rotatable bonds is 1. The molecule has 0 aliphatic heterocycles. The summed E-state index contributed by atoms with van der Waals surface area (Å²) in [5, 5.41) is 7.49. The SMILES string of the molecule is Cc1cc(N)ccc1-n1cnnc1. The van der Waals surface area contributed by atoms with Crippen LogP contribution in [0.15, 0.2) is 30.9 Å². The Balaban J connectivity index is 2.53. The maximum Gasteiger partial charge on any atom is 0.123 e. The highest BCUT2D eigenvalue weighted by Crippen LogP contribution is 2.15. The zero-order chi connectivity index (χ0) is 9.26. The van der Waals surface area contributed by atoms with Crippen molar-refractivity contribution in [3.63, 3.8) is 0 Å². The third kappa shape index (κ3) is 1.38. The second kappa shape index (κ2) is 2.90. The van der Waals surface area contributed by atoms with Crippen molar-refractivity contribution in [2.45, 2.75) is 6.92 Å². The normalized spacial score (nSPS) is 10.2. The van der Waals surface area contributed by atoms with Crippen molar-refractivity contribution < 1.29 is 0 Å². The minimum atomic E-state index is 0.773. The van der Waals surface area contributed by atoms with E-state index in [1.54, 1.807) is 12.7 Å². The average molecular weight is 174 g/mol. The monoisotopic (exact) mass is 174 g/mol. The number of nitrogen functional groups attached to an aromatic ring is 1. The van der Waals surface area contributed by atoms with E-state index in [4.69, 9.17) is 5.73 Å². The molecule has 1 aromatic heterocycles. The number of hydrogen-bond acceptors (Lipinski definition) is 3. The Morgan fingerprint density at radius 2 is 1.92 bits per heavy atom. The predicted octanol–water partition coefficient (Wildman–Crippen LogP) is 1.16. The van der Waals surface area contributed by atoms with Crippen molar-refractivity contribution >= 4 is 5.69 Å². The van der Waals surface area contributed by atoms with Gasteiger partial charge in [0, 0.05) is 5.69 Å². The van der Waals surface area contributed by atoms with Crippen molar-refractivity contribution in [3.8, 4) is 5.69 Å². The van der Waals surface area contributed by atoms with E-state index in [0.29, 0.717) is 0 Å². The molecule has 0 radical (unpaired) electrons. The highest BCUT2D eigenvalue weighted by molar-refractivity contribution is 5.50. The first kappa shape index (κ1) is 7.79. The topological polar surface area (TPSA) is 56.7 Å². The number of aromatic nitrogens is 3. The summed E-state index contributed by atoms with van der Waals surface area (Å²) in [6.45, 7) is 2.01. The van der Waals surface area contributed by atoms with Gasteiger partial charge in [0.05, 0.1) is 5.69 Å². The first-order valence-electron chi connectivity index (χ1n) is 3.98. The van der Waals surface area contributed by atoms with Crippen molar-refractivity contribution in [1.82, 2.24) is 14.8 Å². The summed E-state index contributed by atoms with van der Waals surface area (Å²) in [5.74, 6) is 0. The van der Waals surface area contributed by atoms with Crippen LogP contribution in [0.25, 0.3) is 5.69 Å². The van der Waals surface area contributed by atoms with Crippen LogP contribution in [0, 0.1) is 6.92 Å². The standard InChI is InChI=1S/C9H10N4/c1-7-4-8(10)2-3-9(7)13-5-11-12-6-13/h2-6H,10H2,1H3. The molecule has 0 saturated carbocycles. The van der Waals surface area contributed by atoms with Gasteiger partial charge >= 0.3 is 0 Å². The smallest absolute Gasteiger partial charge is 0.123 e. The van der Waals surface area contributed by atoms with Gasteiger partial charge in [-0.2, -0.15) is 0 Å². The van der Waals surface area contributed by atoms with E-state index in [1.807, 2.05) is 29.7 Å². The van der Waals surface area contributed by atoms with E-state index >= 15 is 0 Å². The van der Waals surface area contributed by atoms with Crippen LogP contribution in [0.4, 0.5) is 5.69 Å². The molecular formula is C9H10N4. The molecule has 1 heterocycles. The zero-order valence-corrected chi connectivity index (χ0v) is 7.31. The molecule has 0 amide bonds. The van der Waals surface area contributed by atoms with E-state index in [-0.39, 0.29) is 0 Å². The summed E-state index contributed by atoms with van der Waals surface area (Å²) < 4.78 is 1.86. The van der Waals surface area contributed by atoms with Crippen LogP contribution in [0.1, 0.15) is 5.56 Å². The van der Waals surface area contributed by atoms with Crippen molar-refractivity contribution in [2.24, 2.45) is 0 Å². The van der Waals surface area contributed by atoms with Crippen LogP contribution >= 0.6 is 0 Å². The van der Waals surface area contributed by atoms with E-state index in [2.05, 4.69) is 10.2 Å². The molecule has 2 aromatic rings. The molecule has 0 saturated heterocycles. The number of anilines is 1. The minimum absolute atomic E-state index is 0.773. The lowest BCUT2D eigenvalue weighted by molar-refractivity contribution is 1.04. The summed E-state index contributed by atoms with van der Waals surface area (Å²) in [6.07, 6.45) is 3.33. The first-order chi connectivity index (χ1) is 6.27. The van der Waals surface area contributed by atoms with Crippen LogP contribution in [0.3, 0.4) is 0 Å². The molecule has 4 heteroatoms. The number of hydrogen-bond donors (Lipinski definition) is 1. The number of benzene rings is 1. The lowest BCUT2D eigenvalue weighted by Crippen LogP contribution is -1.95. The van der Waals surface area contributed by atoms with E-state index < -0.39 is 0 Å². The third-order valence-electron chi connectivity index (χ3n) is 1.92. The van der Waals surface area contributed by atoms with E-state index in [0.717, 1.165) is 16.9 Å². The first-order valence-corrected chi connectivity index (χ1v) is 3.98. The van der Waals surface area contributed by atoms with Gasteiger partial charge in [0.2, 0.25) is 0 Å². The van der Waals surface area contributed by atoms with E-state index in [9.17, 15) is 0 Å². The predicted molar refractivity (Wildman–Crippen MR) is 50.5 cm³/mol. The summed E-state index contributed by atoms with van der Waals surface area (Å²) in [7, 11) is 0.